The summed E-state index contributed by atoms with van der Waals surface area (Å²) < 4.78 is 12.5. The van der Waals surface area contributed by atoms with Gasteiger partial charge in [-0.15, -0.1) is 0 Å². The number of benzene rings is 2. The summed E-state index contributed by atoms with van der Waals surface area (Å²) in [6, 6.07) is 20.5. The highest BCUT2D eigenvalue weighted by atomic mass is 16.6. The Bertz CT molecular complexity index is 664. The third-order valence-electron chi connectivity index (χ3n) is 5.00. The summed E-state index contributed by atoms with van der Waals surface area (Å²) in [4.78, 5) is 4.86. The Morgan fingerprint density at radius 3 is 2.46 bits per heavy atom. The SMILES string of the molecule is CCC12OC(COc3ccccc3)CN1CCN2c1ccccc1. The van der Waals surface area contributed by atoms with Crippen LogP contribution in [0.25, 0.3) is 0 Å². The van der Waals surface area contributed by atoms with E-state index < -0.39 is 0 Å². The van der Waals surface area contributed by atoms with Crippen LogP contribution in [0, 0.1) is 0 Å². The molecular formula is C20H24N2O2. The molecule has 2 aromatic carbocycles. The molecule has 2 aliphatic heterocycles. The van der Waals surface area contributed by atoms with Crippen molar-refractivity contribution in [1.82, 2.24) is 4.90 Å². The highest BCUT2D eigenvalue weighted by molar-refractivity contribution is 5.49. The van der Waals surface area contributed by atoms with E-state index in [-0.39, 0.29) is 12.0 Å². The Hall–Kier alpha value is -2.04. The average molecular weight is 324 g/mol. The van der Waals surface area contributed by atoms with E-state index in [4.69, 9.17) is 9.47 Å². The summed E-state index contributed by atoms with van der Waals surface area (Å²) in [5.41, 5.74) is 1.23. The maximum absolute atomic E-state index is 6.54. The quantitative estimate of drug-likeness (QED) is 0.842. The van der Waals surface area contributed by atoms with E-state index in [1.165, 1.54) is 5.69 Å². The first-order valence-electron chi connectivity index (χ1n) is 8.75. The maximum atomic E-state index is 6.54. The smallest absolute Gasteiger partial charge is 0.200 e. The predicted octanol–water partition coefficient (Wildman–Crippen LogP) is 3.35. The molecule has 0 N–H and O–H groups in total. The Morgan fingerprint density at radius 1 is 1.04 bits per heavy atom. The fourth-order valence-electron chi connectivity index (χ4n) is 3.89. The Morgan fingerprint density at radius 2 is 1.75 bits per heavy atom. The van der Waals surface area contributed by atoms with Crippen molar-refractivity contribution in [1.29, 1.82) is 0 Å². The van der Waals surface area contributed by atoms with Crippen LogP contribution in [0.3, 0.4) is 0 Å². The van der Waals surface area contributed by atoms with Crippen LogP contribution < -0.4 is 9.64 Å². The van der Waals surface area contributed by atoms with Gasteiger partial charge in [0.15, 0.2) is 0 Å². The second-order valence-corrected chi connectivity index (χ2v) is 6.39. The van der Waals surface area contributed by atoms with Gasteiger partial charge in [0, 0.05) is 31.7 Å². The second-order valence-electron chi connectivity index (χ2n) is 6.39. The van der Waals surface area contributed by atoms with Crippen molar-refractivity contribution in [2.75, 3.05) is 31.1 Å². The van der Waals surface area contributed by atoms with Gasteiger partial charge in [0.25, 0.3) is 0 Å². The summed E-state index contributed by atoms with van der Waals surface area (Å²) in [5, 5.41) is 0. The number of ether oxygens (including phenoxy) is 2. The summed E-state index contributed by atoms with van der Waals surface area (Å²) in [5.74, 6) is 0.574. The fourth-order valence-corrected chi connectivity index (χ4v) is 3.89. The van der Waals surface area contributed by atoms with Gasteiger partial charge in [0.05, 0.1) is 0 Å². The molecule has 24 heavy (non-hydrogen) atoms. The molecule has 0 spiro atoms. The summed E-state index contributed by atoms with van der Waals surface area (Å²) in [6.45, 7) is 5.75. The van der Waals surface area contributed by atoms with Gasteiger partial charge in [-0.05, 0) is 24.3 Å². The van der Waals surface area contributed by atoms with Crippen molar-refractivity contribution < 1.29 is 9.47 Å². The summed E-state index contributed by atoms with van der Waals surface area (Å²) in [6.07, 6.45) is 1.03. The molecule has 0 aromatic heterocycles. The number of hydrogen-bond donors (Lipinski definition) is 0. The lowest BCUT2D eigenvalue weighted by atomic mass is 10.2. The Labute approximate surface area is 143 Å². The van der Waals surface area contributed by atoms with Crippen LogP contribution in [0.5, 0.6) is 5.75 Å². The van der Waals surface area contributed by atoms with Crippen LogP contribution in [0.1, 0.15) is 13.3 Å². The monoisotopic (exact) mass is 324 g/mol. The molecule has 2 aromatic rings. The molecule has 0 bridgehead atoms. The molecule has 4 heteroatoms. The molecule has 2 heterocycles. The minimum absolute atomic E-state index is 0.0941. The van der Waals surface area contributed by atoms with Crippen molar-refractivity contribution in [3.63, 3.8) is 0 Å². The molecule has 2 aliphatic rings. The molecule has 0 aliphatic carbocycles. The van der Waals surface area contributed by atoms with Crippen molar-refractivity contribution in [3.05, 3.63) is 60.7 Å². The van der Waals surface area contributed by atoms with E-state index in [9.17, 15) is 0 Å². The van der Waals surface area contributed by atoms with Gasteiger partial charge in [-0.2, -0.15) is 0 Å². The zero-order valence-corrected chi connectivity index (χ0v) is 14.1. The Kier molecular flexibility index (Phi) is 4.17. The van der Waals surface area contributed by atoms with Crippen LogP contribution in [0.2, 0.25) is 0 Å². The zero-order valence-electron chi connectivity index (χ0n) is 14.1. The minimum Gasteiger partial charge on any atom is -0.491 e. The third kappa shape index (κ3) is 2.66. The first-order chi connectivity index (χ1) is 11.8. The second kappa shape index (κ2) is 6.46. The molecule has 126 valence electrons. The first-order valence-corrected chi connectivity index (χ1v) is 8.75. The number of para-hydroxylation sites is 2. The van der Waals surface area contributed by atoms with Crippen LogP contribution in [-0.4, -0.2) is 43.1 Å². The van der Waals surface area contributed by atoms with Crippen molar-refractivity contribution in [2.45, 2.75) is 25.3 Å². The first kappa shape index (κ1) is 15.5. The average Bonchev–Trinajstić information content (AvgIpc) is 3.17. The van der Waals surface area contributed by atoms with Gasteiger partial charge in [-0.25, -0.2) is 0 Å². The lowest BCUT2D eigenvalue weighted by Gasteiger charge is -2.39. The van der Waals surface area contributed by atoms with Crippen LogP contribution in [-0.2, 0) is 4.74 Å². The highest BCUT2D eigenvalue weighted by Crippen LogP contribution is 2.40. The van der Waals surface area contributed by atoms with Gasteiger partial charge in [0.1, 0.15) is 18.5 Å². The third-order valence-corrected chi connectivity index (χ3v) is 5.00. The molecule has 2 fully saturated rings. The molecule has 2 atom stereocenters. The number of hydrogen-bond acceptors (Lipinski definition) is 4. The van der Waals surface area contributed by atoms with E-state index in [1.807, 2.05) is 30.3 Å². The number of nitrogens with zero attached hydrogens (tertiary/aromatic N) is 2. The zero-order chi connectivity index (χ0) is 16.4. The van der Waals surface area contributed by atoms with Gasteiger partial charge in [-0.3, -0.25) is 4.90 Å². The predicted molar refractivity (Wildman–Crippen MR) is 95.2 cm³/mol. The maximum Gasteiger partial charge on any atom is 0.200 e. The van der Waals surface area contributed by atoms with Crippen LogP contribution in [0.15, 0.2) is 60.7 Å². The fraction of sp³-hybridized carbons (Fsp3) is 0.400. The van der Waals surface area contributed by atoms with Crippen LogP contribution in [0.4, 0.5) is 5.69 Å². The molecule has 4 nitrogen and oxygen atoms in total. The molecule has 0 radical (unpaired) electrons. The minimum atomic E-state index is -0.327. The van der Waals surface area contributed by atoms with Crippen LogP contribution >= 0.6 is 0 Å². The van der Waals surface area contributed by atoms with Crippen molar-refractivity contribution in [3.8, 4) is 5.75 Å². The van der Waals surface area contributed by atoms with Gasteiger partial charge in [-0.1, -0.05) is 43.3 Å². The van der Waals surface area contributed by atoms with E-state index in [0.717, 1.165) is 31.8 Å². The lowest BCUT2D eigenvalue weighted by Crippen LogP contribution is -2.51. The number of rotatable bonds is 5. The Balaban J connectivity index is 1.48. The van der Waals surface area contributed by atoms with E-state index >= 15 is 0 Å². The molecule has 0 saturated carbocycles. The molecule has 0 amide bonds. The topological polar surface area (TPSA) is 24.9 Å². The summed E-state index contributed by atoms with van der Waals surface area (Å²) >= 11 is 0. The number of anilines is 1. The van der Waals surface area contributed by atoms with Crippen molar-refractivity contribution >= 4 is 5.69 Å². The van der Waals surface area contributed by atoms with E-state index in [2.05, 4.69) is 47.1 Å². The van der Waals surface area contributed by atoms with E-state index in [1.54, 1.807) is 0 Å². The van der Waals surface area contributed by atoms with Gasteiger partial charge >= 0.3 is 0 Å². The lowest BCUT2D eigenvalue weighted by molar-refractivity contribution is -0.0928. The molecule has 2 unspecified atom stereocenters. The standard InChI is InChI=1S/C20H24N2O2/c1-2-20-21(13-14-22(20)17-9-5-3-6-10-17)15-19(24-20)16-23-18-11-7-4-8-12-18/h3-12,19H,2,13-16H2,1H3. The normalized spacial score (nSPS) is 26.5. The number of fused-ring (bicyclic) bond motifs is 1. The molecular weight excluding hydrogens is 300 g/mol. The van der Waals surface area contributed by atoms with Gasteiger partial charge in [0.2, 0.25) is 5.85 Å². The highest BCUT2D eigenvalue weighted by Gasteiger charge is 2.53. The molecule has 4 rings (SSSR count). The summed E-state index contributed by atoms with van der Waals surface area (Å²) in [7, 11) is 0. The van der Waals surface area contributed by atoms with Gasteiger partial charge < -0.3 is 14.4 Å². The van der Waals surface area contributed by atoms with Crippen molar-refractivity contribution in [2.24, 2.45) is 0 Å². The van der Waals surface area contributed by atoms with E-state index in [0.29, 0.717) is 6.61 Å². The molecule has 2 saturated heterocycles. The largest absolute Gasteiger partial charge is 0.491 e.